The lowest BCUT2D eigenvalue weighted by Crippen LogP contribution is -2.19. The van der Waals surface area contributed by atoms with Crippen LogP contribution in [0.25, 0.3) is 10.2 Å². The van der Waals surface area contributed by atoms with Gasteiger partial charge in [0.1, 0.15) is 17.0 Å². The van der Waals surface area contributed by atoms with Crippen molar-refractivity contribution in [3.05, 3.63) is 52.8 Å². The Bertz CT molecular complexity index is 1010. The van der Waals surface area contributed by atoms with Crippen LogP contribution in [0.4, 0.5) is 0 Å². The Kier molecular flexibility index (Phi) is 6.84. The van der Waals surface area contributed by atoms with Crippen LogP contribution >= 0.6 is 11.3 Å². The van der Waals surface area contributed by atoms with Crippen LogP contribution in [-0.2, 0) is 11.3 Å². The Hall–Kier alpha value is -2.64. The fourth-order valence-corrected chi connectivity index (χ4v) is 3.93. The molecule has 3 rings (SSSR count). The minimum atomic E-state index is -0.293. The van der Waals surface area contributed by atoms with Crippen LogP contribution in [0.2, 0.25) is 0 Å². The zero-order valence-corrected chi connectivity index (χ0v) is 17.1. The molecular weight excluding hydrogens is 376 g/mol. The summed E-state index contributed by atoms with van der Waals surface area (Å²) < 4.78 is 19.5. The van der Waals surface area contributed by atoms with Gasteiger partial charge in [0.2, 0.25) is 0 Å². The van der Waals surface area contributed by atoms with Crippen molar-refractivity contribution in [2.75, 3.05) is 26.9 Å². The van der Waals surface area contributed by atoms with Gasteiger partial charge in [-0.2, -0.15) is 4.99 Å². The summed E-state index contributed by atoms with van der Waals surface area (Å²) >= 11 is 1.46. The average molecular weight is 401 g/mol. The van der Waals surface area contributed by atoms with Gasteiger partial charge in [0.05, 0.1) is 24.5 Å². The maximum Gasteiger partial charge on any atom is 0.279 e. The van der Waals surface area contributed by atoms with Gasteiger partial charge in [-0.25, -0.2) is 0 Å². The van der Waals surface area contributed by atoms with Gasteiger partial charge in [0.15, 0.2) is 4.80 Å². The number of fused-ring (bicyclic) bond motifs is 1. The predicted octanol–water partition coefficient (Wildman–Crippen LogP) is 3.89. The van der Waals surface area contributed by atoms with E-state index in [1.54, 1.807) is 31.4 Å². The summed E-state index contributed by atoms with van der Waals surface area (Å²) in [5, 5.41) is 0. The minimum Gasteiger partial charge on any atom is -0.494 e. The van der Waals surface area contributed by atoms with Gasteiger partial charge in [-0.15, -0.1) is 0 Å². The Morgan fingerprint density at radius 3 is 2.50 bits per heavy atom. The number of para-hydroxylation sites is 1. The van der Waals surface area contributed by atoms with Crippen molar-refractivity contribution in [1.82, 2.24) is 4.57 Å². The normalized spacial score (nSPS) is 11.8. The molecule has 0 bridgehead atoms. The zero-order chi connectivity index (χ0) is 19.9. The standard InChI is InChI=1S/C21H24N2O4S/c1-4-26-16-11-9-15(10-12-16)20(24)22-21-23(13-14-25-3)19-17(27-5-2)7-6-8-18(19)28-21/h6-12H,4-5,13-14H2,1-3H3. The fourth-order valence-electron chi connectivity index (χ4n) is 2.86. The maximum absolute atomic E-state index is 12.7. The van der Waals surface area contributed by atoms with Crippen LogP contribution in [0.3, 0.4) is 0 Å². The number of amides is 1. The van der Waals surface area contributed by atoms with Crippen molar-refractivity contribution in [2.45, 2.75) is 20.4 Å². The third kappa shape index (κ3) is 4.43. The number of carbonyl (C=O) groups excluding carboxylic acids is 1. The summed E-state index contributed by atoms with van der Waals surface area (Å²) in [4.78, 5) is 17.7. The quantitative estimate of drug-likeness (QED) is 0.576. The molecule has 148 valence electrons. The molecule has 28 heavy (non-hydrogen) atoms. The summed E-state index contributed by atoms with van der Waals surface area (Å²) in [6, 6.07) is 12.9. The topological polar surface area (TPSA) is 62.0 Å². The number of rotatable bonds is 8. The van der Waals surface area contributed by atoms with Crippen molar-refractivity contribution in [1.29, 1.82) is 0 Å². The summed E-state index contributed by atoms with van der Waals surface area (Å²) in [6.07, 6.45) is 0. The lowest BCUT2D eigenvalue weighted by atomic mass is 10.2. The largest absolute Gasteiger partial charge is 0.494 e. The highest BCUT2D eigenvalue weighted by Gasteiger charge is 2.13. The molecule has 0 saturated heterocycles. The molecule has 0 aliphatic heterocycles. The van der Waals surface area contributed by atoms with Crippen LogP contribution in [0, 0.1) is 0 Å². The maximum atomic E-state index is 12.7. The summed E-state index contributed by atoms with van der Waals surface area (Å²) in [6.45, 7) is 6.11. The second kappa shape index (κ2) is 9.52. The number of hydrogen-bond acceptors (Lipinski definition) is 5. The highest BCUT2D eigenvalue weighted by Crippen LogP contribution is 2.27. The highest BCUT2D eigenvalue weighted by molar-refractivity contribution is 7.16. The first kappa shape index (κ1) is 20.1. The van der Waals surface area contributed by atoms with E-state index >= 15 is 0 Å². The second-order valence-corrected chi connectivity index (χ2v) is 6.95. The molecule has 3 aromatic rings. The van der Waals surface area contributed by atoms with E-state index in [9.17, 15) is 4.79 Å². The Balaban J connectivity index is 2.05. The molecule has 1 amide bonds. The lowest BCUT2D eigenvalue weighted by molar-refractivity contribution is 0.0997. The predicted molar refractivity (Wildman–Crippen MR) is 110 cm³/mol. The number of benzene rings is 2. The zero-order valence-electron chi connectivity index (χ0n) is 16.3. The molecule has 0 aliphatic rings. The molecule has 7 heteroatoms. The molecule has 2 aromatic carbocycles. The fraction of sp³-hybridized carbons (Fsp3) is 0.333. The summed E-state index contributed by atoms with van der Waals surface area (Å²) in [5.41, 5.74) is 1.45. The van der Waals surface area contributed by atoms with Gasteiger partial charge >= 0.3 is 0 Å². The molecule has 1 aromatic heterocycles. The van der Waals surface area contributed by atoms with E-state index in [2.05, 4.69) is 4.99 Å². The minimum absolute atomic E-state index is 0.293. The van der Waals surface area contributed by atoms with Crippen molar-refractivity contribution >= 4 is 27.5 Å². The van der Waals surface area contributed by atoms with Gasteiger partial charge in [0.25, 0.3) is 5.91 Å². The lowest BCUT2D eigenvalue weighted by Gasteiger charge is -2.09. The molecule has 0 saturated carbocycles. The van der Waals surface area contributed by atoms with Gasteiger partial charge in [-0.1, -0.05) is 17.4 Å². The van der Waals surface area contributed by atoms with Gasteiger partial charge < -0.3 is 18.8 Å². The van der Waals surface area contributed by atoms with E-state index in [-0.39, 0.29) is 5.91 Å². The molecule has 6 nitrogen and oxygen atoms in total. The molecule has 0 spiro atoms. The summed E-state index contributed by atoms with van der Waals surface area (Å²) in [5.74, 6) is 1.22. The number of ether oxygens (including phenoxy) is 3. The molecule has 0 atom stereocenters. The molecule has 0 N–H and O–H groups in total. The van der Waals surface area contributed by atoms with Crippen molar-refractivity contribution < 1.29 is 19.0 Å². The number of aromatic nitrogens is 1. The van der Waals surface area contributed by atoms with E-state index in [4.69, 9.17) is 14.2 Å². The van der Waals surface area contributed by atoms with E-state index in [1.807, 2.05) is 36.6 Å². The average Bonchev–Trinajstić information content (AvgIpc) is 3.05. The third-order valence-corrected chi connectivity index (χ3v) is 5.14. The number of methoxy groups -OCH3 is 1. The molecular formula is C21H24N2O4S. The van der Waals surface area contributed by atoms with Crippen LogP contribution in [0.15, 0.2) is 47.5 Å². The SMILES string of the molecule is CCOc1ccc(C(=O)N=c2sc3cccc(OCC)c3n2CCOC)cc1. The third-order valence-electron chi connectivity index (χ3n) is 4.09. The van der Waals surface area contributed by atoms with Crippen LogP contribution in [0.1, 0.15) is 24.2 Å². The first-order valence-electron chi connectivity index (χ1n) is 9.24. The van der Waals surface area contributed by atoms with Crippen molar-refractivity contribution in [3.63, 3.8) is 0 Å². The van der Waals surface area contributed by atoms with Crippen LogP contribution in [-0.4, -0.2) is 37.4 Å². The number of nitrogens with zero attached hydrogens (tertiary/aromatic N) is 2. The van der Waals surface area contributed by atoms with Crippen LogP contribution in [0.5, 0.6) is 11.5 Å². The van der Waals surface area contributed by atoms with E-state index in [0.717, 1.165) is 21.7 Å². The Morgan fingerprint density at radius 2 is 1.82 bits per heavy atom. The molecule has 0 aliphatic carbocycles. The molecule has 0 radical (unpaired) electrons. The Morgan fingerprint density at radius 1 is 1.07 bits per heavy atom. The second-order valence-electron chi connectivity index (χ2n) is 5.94. The smallest absolute Gasteiger partial charge is 0.279 e. The first-order valence-corrected chi connectivity index (χ1v) is 10.1. The molecule has 0 unspecified atom stereocenters. The summed E-state index contributed by atoms with van der Waals surface area (Å²) in [7, 11) is 1.65. The van der Waals surface area contributed by atoms with Gasteiger partial charge in [0, 0.05) is 19.2 Å². The Labute approximate surface area is 168 Å². The first-order chi connectivity index (χ1) is 13.7. The van der Waals surface area contributed by atoms with Gasteiger partial charge in [-0.05, 0) is 50.2 Å². The molecule has 0 fully saturated rings. The monoisotopic (exact) mass is 400 g/mol. The molecule has 1 heterocycles. The highest BCUT2D eigenvalue weighted by atomic mass is 32.1. The van der Waals surface area contributed by atoms with Gasteiger partial charge in [-0.3, -0.25) is 4.79 Å². The van der Waals surface area contributed by atoms with E-state index in [1.165, 1.54) is 11.3 Å². The number of hydrogen-bond donors (Lipinski definition) is 0. The van der Waals surface area contributed by atoms with E-state index < -0.39 is 0 Å². The van der Waals surface area contributed by atoms with Crippen molar-refractivity contribution in [2.24, 2.45) is 4.99 Å². The van der Waals surface area contributed by atoms with E-state index in [0.29, 0.717) is 36.7 Å². The number of thiazole rings is 1. The number of carbonyl (C=O) groups is 1. The van der Waals surface area contributed by atoms with Crippen molar-refractivity contribution in [3.8, 4) is 11.5 Å². The van der Waals surface area contributed by atoms with Crippen LogP contribution < -0.4 is 14.3 Å².